The molecule has 4 rings (SSSR count). The minimum absolute atomic E-state index is 0.0141. The number of carbonyl (C=O) groups excluding carboxylic acids is 2. The summed E-state index contributed by atoms with van der Waals surface area (Å²) >= 11 is 1.27. The summed E-state index contributed by atoms with van der Waals surface area (Å²) in [4.78, 5) is 25.2. The Morgan fingerprint density at radius 1 is 1.24 bits per heavy atom. The fraction of sp³-hybridized carbons (Fsp3) is 0.500. The van der Waals surface area contributed by atoms with Crippen LogP contribution in [0.25, 0.3) is 10.6 Å². The number of aromatic nitrogens is 2. The average molecular weight is 417 g/mol. The second-order valence-corrected chi connectivity index (χ2v) is 8.45. The number of nitrogens with zero attached hydrogens (tertiary/aromatic N) is 2. The predicted octanol–water partition coefficient (Wildman–Crippen LogP) is 3.20. The summed E-state index contributed by atoms with van der Waals surface area (Å²) < 4.78 is 10.7. The summed E-state index contributed by atoms with van der Waals surface area (Å²) in [6, 6.07) is 4.95. The minimum atomic E-state index is -0.592. The number of amides is 2. The second kappa shape index (κ2) is 8.36. The van der Waals surface area contributed by atoms with Crippen LogP contribution in [0, 0.1) is 11.8 Å². The molecule has 2 aromatic rings. The molecule has 29 heavy (non-hydrogen) atoms. The topological polar surface area (TPSA) is 102 Å². The molecule has 2 atom stereocenters. The molecule has 2 heterocycles. The SMILES string of the molecule is CC[C@H](C)[C@@H](NC(=O)C1CCC1)C(=O)Nc1nnc(-c2ccc3c(c2)OCO3)s1. The van der Waals surface area contributed by atoms with Crippen LogP contribution in [0.15, 0.2) is 18.2 Å². The number of anilines is 1. The van der Waals surface area contributed by atoms with Crippen molar-refractivity contribution in [2.24, 2.45) is 11.8 Å². The van der Waals surface area contributed by atoms with Crippen molar-refractivity contribution in [3.05, 3.63) is 18.2 Å². The maximum atomic E-state index is 12.9. The first-order valence-electron chi connectivity index (χ1n) is 9.90. The van der Waals surface area contributed by atoms with Gasteiger partial charge in [0.05, 0.1) is 0 Å². The van der Waals surface area contributed by atoms with Crippen molar-refractivity contribution in [1.29, 1.82) is 0 Å². The van der Waals surface area contributed by atoms with E-state index in [9.17, 15) is 9.59 Å². The van der Waals surface area contributed by atoms with E-state index in [0.717, 1.165) is 31.2 Å². The molecule has 0 bridgehead atoms. The van der Waals surface area contributed by atoms with Crippen LogP contribution in [-0.4, -0.2) is 34.8 Å². The zero-order valence-electron chi connectivity index (χ0n) is 16.4. The lowest BCUT2D eigenvalue weighted by molar-refractivity contribution is -0.132. The average Bonchev–Trinajstić information content (AvgIpc) is 3.32. The van der Waals surface area contributed by atoms with Crippen molar-refractivity contribution >= 4 is 28.3 Å². The Bertz CT molecular complexity index is 912. The van der Waals surface area contributed by atoms with E-state index in [4.69, 9.17) is 9.47 Å². The molecule has 0 unspecified atom stereocenters. The molecule has 0 saturated heterocycles. The summed E-state index contributed by atoms with van der Waals surface area (Å²) in [5.74, 6) is 1.12. The molecular formula is C20H24N4O4S. The Kier molecular flexibility index (Phi) is 5.66. The van der Waals surface area contributed by atoms with Gasteiger partial charge in [0.25, 0.3) is 0 Å². The smallest absolute Gasteiger partial charge is 0.249 e. The van der Waals surface area contributed by atoms with E-state index in [1.807, 2.05) is 32.0 Å². The van der Waals surface area contributed by atoms with Crippen LogP contribution < -0.4 is 20.1 Å². The highest BCUT2D eigenvalue weighted by Gasteiger charge is 2.32. The van der Waals surface area contributed by atoms with Gasteiger partial charge in [-0.05, 0) is 37.0 Å². The van der Waals surface area contributed by atoms with Crippen LogP contribution in [0.4, 0.5) is 5.13 Å². The first kappa shape index (κ1) is 19.6. The van der Waals surface area contributed by atoms with Gasteiger partial charge in [0.15, 0.2) is 11.5 Å². The number of carbonyl (C=O) groups is 2. The highest BCUT2D eigenvalue weighted by Crippen LogP contribution is 2.37. The van der Waals surface area contributed by atoms with E-state index in [0.29, 0.717) is 21.6 Å². The van der Waals surface area contributed by atoms with Gasteiger partial charge in [-0.25, -0.2) is 0 Å². The molecule has 1 aliphatic heterocycles. The van der Waals surface area contributed by atoms with Crippen LogP contribution in [0.2, 0.25) is 0 Å². The van der Waals surface area contributed by atoms with E-state index >= 15 is 0 Å². The number of hydrogen-bond acceptors (Lipinski definition) is 7. The molecule has 0 radical (unpaired) electrons. The van der Waals surface area contributed by atoms with Crippen molar-refractivity contribution in [3.63, 3.8) is 0 Å². The zero-order chi connectivity index (χ0) is 20.4. The lowest BCUT2D eigenvalue weighted by Crippen LogP contribution is -2.50. The molecule has 154 valence electrons. The fourth-order valence-corrected chi connectivity index (χ4v) is 3.99. The lowest BCUT2D eigenvalue weighted by atomic mass is 9.84. The summed E-state index contributed by atoms with van der Waals surface area (Å²) in [5, 5.41) is 15.1. The normalized spacial score (nSPS) is 17.3. The Hall–Kier alpha value is -2.68. The lowest BCUT2D eigenvalue weighted by Gasteiger charge is -2.29. The van der Waals surface area contributed by atoms with Gasteiger partial charge in [-0.1, -0.05) is 38.0 Å². The first-order valence-corrected chi connectivity index (χ1v) is 10.7. The Morgan fingerprint density at radius 2 is 2.03 bits per heavy atom. The standard InChI is InChI=1S/C20H24N4O4S/c1-3-11(2)16(21-17(25)12-5-4-6-12)18(26)22-20-24-23-19(29-20)13-7-8-14-15(9-13)28-10-27-14/h7-9,11-12,16H,3-6,10H2,1-2H3,(H,21,25)(H,22,24,26)/t11-,16+/m0/s1. The molecule has 1 fully saturated rings. The van der Waals surface area contributed by atoms with E-state index in [-0.39, 0.29) is 30.4 Å². The zero-order valence-corrected chi connectivity index (χ0v) is 17.3. The van der Waals surface area contributed by atoms with Gasteiger partial charge in [-0.3, -0.25) is 14.9 Å². The van der Waals surface area contributed by atoms with Gasteiger partial charge >= 0.3 is 0 Å². The predicted molar refractivity (Wildman–Crippen MR) is 109 cm³/mol. The monoisotopic (exact) mass is 416 g/mol. The molecular weight excluding hydrogens is 392 g/mol. The van der Waals surface area contributed by atoms with Crippen molar-refractivity contribution in [3.8, 4) is 22.1 Å². The van der Waals surface area contributed by atoms with E-state index in [1.54, 1.807) is 0 Å². The van der Waals surface area contributed by atoms with E-state index in [1.165, 1.54) is 11.3 Å². The highest BCUT2D eigenvalue weighted by atomic mass is 32.1. The summed E-state index contributed by atoms with van der Waals surface area (Å²) in [5.41, 5.74) is 0.837. The van der Waals surface area contributed by atoms with Gasteiger partial charge in [0.1, 0.15) is 11.0 Å². The molecule has 2 amide bonds. The van der Waals surface area contributed by atoms with Crippen molar-refractivity contribution < 1.29 is 19.1 Å². The molecule has 0 spiro atoms. The number of nitrogens with one attached hydrogen (secondary N) is 2. The van der Waals surface area contributed by atoms with Crippen molar-refractivity contribution in [1.82, 2.24) is 15.5 Å². The third-order valence-corrected chi connectivity index (χ3v) is 6.43. The van der Waals surface area contributed by atoms with E-state index in [2.05, 4.69) is 20.8 Å². The molecule has 1 saturated carbocycles. The Morgan fingerprint density at radius 3 is 2.76 bits per heavy atom. The number of ether oxygens (including phenoxy) is 2. The van der Waals surface area contributed by atoms with Gasteiger partial charge < -0.3 is 14.8 Å². The van der Waals surface area contributed by atoms with Crippen LogP contribution in [0.5, 0.6) is 11.5 Å². The molecule has 9 heteroatoms. The maximum Gasteiger partial charge on any atom is 0.249 e. The van der Waals surface area contributed by atoms with Crippen LogP contribution in [0.1, 0.15) is 39.5 Å². The maximum absolute atomic E-state index is 12.9. The Balaban J connectivity index is 1.44. The molecule has 1 aliphatic carbocycles. The quantitative estimate of drug-likeness (QED) is 0.719. The Labute approximate surface area is 173 Å². The number of benzene rings is 1. The third-order valence-electron chi connectivity index (χ3n) is 5.54. The molecule has 1 aromatic heterocycles. The van der Waals surface area contributed by atoms with E-state index < -0.39 is 6.04 Å². The fourth-order valence-electron chi connectivity index (χ4n) is 3.25. The molecule has 1 aromatic carbocycles. The summed E-state index contributed by atoms with van der Waals surface area (Å²) in [6.45, 7) is 4.17. The van der Waals surface area contributed by atoms with Crippen LogP contribution in [0.3, 0.4) is 0 Å². The van der Waals surface area contributed by atoms with Crippen LogP contribution in [-0.2, 0) is 9.59 Å². The van der Waals surface area contributed by atoms with Crippen LogP contribution >= 0.6 is 11.3 Å². The van der Waals surface area contributed by atoms with Crippen molar-refractivity contribution in [2.45, 2.75) is 45.6 Å². The van der Waals surface area contributed by atoms with Gasteiger partial charge in [-0.2, -0.15) is 0 Å². The van der Waals surface area contributed by atoms with Gasteiger partial charge in [0, 0.05) is 11.5 Å². The minimum Gasteiger partial charge on any atom is -0.454 e. The number of fused-ring (bicyclic) bond motifs is 1. The van der Waals surface area contributed by atoms with Gasteiger partial charge in [0.2, 0.25) is 23.7 Å². The largest absolute Gasteiger partial charge is 0.454 e. The molecule has 2 N–H and O–H groups in total. The highest BCUT2D eigenvalue weighted by molar-refractivity contribution is 7.18. The van der Waals surface area contributed by atoms with Gasteiger partial charge in [-0.15, -0.1) is 10.2 Å². The third kappa shape index (κ3) is 4.19. The second-order valence-electron chi connectivity index (χ2n) is 7.47. The summed E-state index contributed by atoms with van der Waals surface area (Å²) in [7, 11) is 0. The molecule has 2 aliphatic rings. The summed E-state index contributed by atoms with van der Waals surface area (Å²) in [6.07, 6.45) is 3.65. The number of hydrogen-bond donors (Lipinski definition) is 2. The number of rotatable bonds is 7. The first-order chi connectivity index (χ1) is 14.0. The van der Waals surface area contributed by atoms with Crippen molar-refractivity contribution in [2.75, 3.05) is 12.1 Å². The molecule has 8 nitrogen and oxygen atoms in total.